The summed E-state index contributed by atoms with van der Waals surface area (Å²) < 4.78 is 46.5. The van der Waals surface area contributed by atoms with Gasteiger partial charge in [0.1, 0.15) is 0 Å². The Labute approximate surface area is 117 Å². The van der Waals surface area contributed by atoms with E-state index < -0.39 is 12.6 Å². The summed E-state index contributed by atoms with van der Waals surface area (Å²) in [6.45, 7) is 1.85. The zero-order valence-corrected chi connectivity index (χ0v) is 11.9. The van der Waals surface area contributed by atoms with Crippen molar-refractivity contribution in [3.8, 4) is 11.5 Å². The van der Waals surface area contributed by atoms with Crippen LogP contribution in [0, 0.1) is 0 Å². The first-order valence-corrected chi connectivity index (χ1v) is 6.41. The highest BCUT2D eigenvalue weighted by Crippen LogP contribution is 2.30. The molecule has 0 radical (unpaired) electrons. The maximum Gasteiger partial charge on any atom is 0.389 e. The first-order chi connectivity index (χ1) is 9.35. The quantitative estimate of drug-likeness (QED) is 0.815. The molecular weight excluding hydrogens is 271 g/mol. The van der Waals surface area contributed by atoms with E-state index in [2.05, 4.69) is 5.32 Å². The van der Waals surface area contributed by atoms with Crippen LogP contribution in [0.1, 0.15) is 26.2 Å². The Hall–Kier alpha value is -1.59. The summed E-state index contributed by atoms with van der Waals surface area (Å²) in [6, 6.07) is 5.28. The summed E-state index contributed by atoms with van der Waals surface area (Å²) >= 11 is 0. The molecule has 114 valence electrons. The minimum atomic E-state index is -4.08. The minimum absolute atomic E-state index is 0.0459. The van der Waals surface area contributed by atoms with Crippen LogP contribution in [0.15, 0.2) is 18.2 Å². The van der Waals surface area contributed by atoms with Crippen molar-refractivity contribution >= 4 is 5.69 Å². The Kier molecular flexibility index (Phi) is 5.98. The van der Waals surface area contributed by atoms with Crippen molar-refractivity contribution in [1.29, 1.82) is 0 Å². The number of hydrogen-bond donors (Lipinski definition) is 1. The highest BCUT2D eigenvalue weighted by atomic mass is 19.4. The number of hydrogen-bond acceptors (Lipinski definition) is 3. The lowest BCUT2D eigenvalue weighted by molar-refractivity contribution is -0.135. The normalized spacial score (nSPS) is 12.9. The zero-order valence-electron chi connectivity index (χ0n) is 11.9. The van der Waals surface area contributed by atoms with Crippen LogP contribution in [0.2, 0.25) is 0 Å². The van der Waals surface area contributed by atoms with Gasteiger partial charge >= 0.3 is 6.18 Å². The molecule has 3 nitrogen and oxygen atoms in total. The molecule has 0 aliphatic heterocycles. The van der Waals surface area contributed by atoms with Gasteiger partial charge in [-0.1, -0.05) is 0 Å². The van der Waals surface area contributed by atoms with Gasteiger partial charge in [0.2, 0.25) is 0 Å². The molecule has 6 heteroatoms. The Balaban J connectivity index is 2.51. The van der Waals surface area contributed by atoms with Crippen LogP contribution in [0.4, 0.5) is 18.9 Å². The minimum Gasteiger partial charge on any atom is -0.493 e. The van der Waals surface area contributed by atoms with Crippen LogP contribution in [0.25, 0.3) is 0 Å². The monoisotopic (exact) mass is 291 g/mol. The van der Waals surface area contributed by atoms with Crippen molar-refractivity contribution in [3.63, 3.8) is 0 Å². The van der Waals surface area contributed by atoms with E-state index in [1.54, 1.807) is 19.2 Å². The van der Waals surface area contributed by atoms with Crippen molar-refractivity contribution in [2.24, 2.45) is 0 Å². The van der Waals surface area contributed by atoms with Crippen molar-refractivity contribution in [3.05, 3.63) is 18.2 Å². The Morgan fingerprint density at radius 3 is 2.35 bits per heavy atom. The number of halogens is 3. The maximum absolute atomic E-state index is 12.1. The van der Waals surface area contributed by atoms with Gasteiger partial charge in [-0.2, -0.15) is 13.2 Å². The topological polar surface area (TPSA) is 30.5 Å². The SMILES string of the molecule is COc1ccc(NC(C)CCCC(F)(F)F)cc1OC. The third-order valence-electron chi connectivity index (χ3n) is 2.89. The van der Waals surface area contributed by atoms with Gasteiger partial charge in [0, 0.05) is 24.2 Å². The number of rotatable bonds is 7. The van der Waals surface area contributed by atoms with Crippen LogP contribution in [0.5, 0.6) is 11.5 Å². The molecule has 0 aromatic heterocycles. The van der Waals surface area contributed by atoms with E-state index >= 15 is 0 Å². The van der Waals surface area contributed by atoms with Gasteiger partial charge in [0.15, 0.2) is 11.5 Å². The highest BCUT2D eigenvalue weighted by Gasteiger charge is 2.26. The molecule has 1 unspecified atom stereocenters. The molecular formula is C14H20F3NO2. The van der Waals surface area contributed by atoms with Crippen LogP contribution in [-0.4, -0.2) is 26.4 Å². The van der Waals surface area contributed by atoms with Crippen LogP contribution in [0.3, 0.4) is 0 Å². The lowest BCUT2D eigenvalue weighted by atomic mass is 10.1. The molecule has 0 aliphatic carbocycles. The fraction of sp³-hybridized carbons (Fsp3) is 0.571. The van der Waals surface area contributed by atoms with Gasteiger partial charge in [0.25, 0.3) is 0 Å². The standard InChI is InChI=1S/C14H20F3NO2/c1-10(5-4-8-14(15,16)17)18-11-6-7-12(19-2)13(9-11)20-3/h6-7,9-10,18H,4-5,8H2,1-3H3. The summed E-state index contributed by atoms with van der Waals surface area (Å²) in [5.74, 6) is 1.20. The third kappa shape index (κ3) is 5.59. The average Bonchev–Trinajstić information content (AvgIpc) is 2.37. The molecule has 0 saturated heterocycles. The summed E-state index contributed by atoms with van der Waals surface area (Å²) in [6.07, 6.45) is -4.26. The second kappa shape index (κ2) is 7.26. The zero-order chi connectivity index (χ0) is 15.2. The van der Waals surface area contributed by atoms with Gasteiger partial charge in [-0.3, -0.25) is 0 Å². The number of methoxy groups -OCH3 is 2. The highest BCUT2D eigenvalue weighted by molar-refractivity contribution is 5.55. The molecule has 0 heterocycles. The first kappa shape index (κ1) is 16.5. The molecule has 0 aliphatic rings. The molecule has 0 spiro atoms. The largest absolute Gasteiger partial charge is 0.493 e. The number of ether oxygens (including phenoxy) is 2. The fourth-order valence-corrected chi connectivity index (χ4v) is 1.89. The van der Waals surface area contributed by atoms with Gasteiger partial charge in [0.05, 0.1) is 14.2 Å². The number of anilines is 1. The van der Waals surface area contributed by atoms with Crippen LogP contribution in [-0.2, 0) is 0 Å². The van der Waals surface area contributed by atoms with E-state index in [0.717, 1.165) is 5.69 Å². The Morgan fingerprint density at radius 2 is 1.80 bits per heavy atom. The van der Waals surface area contributed by atoms with E-state index in [9.17, 15) is 13.2 Å². The summed E-state index contributed by atoms with van der Waals surface area (Å²) in [5, 5.41) is 3.15. The third-order valence-corrected chi connectivity index (χ3v) is 2.89. The van der Waals surface area contributed by atoms with Gasteiger partial charge in [-0.15, -0.1) is 0 Å². The molecule has 1 N–H and O–H groups in total. The molecule has 1 aromatic carbocycles. The maximum atomic E-state index is 12.1. The lowest BCUT2D eigenvalue weighted by Gasteiger charge is -2.17. The summed E-state index contributed by atoms with van der Waals surface area (Å²) in [7, 11) is 3.08. The van der Waals surface area contributed by atoms with Crippen molar-refractivity contribution in [2.45, 2.75) is 38.4 Å². The van der Waals surface area contributed by atoms with E-state index in [1.807, 2.05) is 13.0 Å². The summed E-state index contributed by atoms with van der Waals surface area (Å²) in [5.41, 5.74) is 0.794. The van der Waals surface area contributed by atoms with E-state index in [-0.39, 0.29) is 12.5 Å². The van der Waals surface area contributed by atoms with Crippen molar-refractivity contribution < 1.29 is 22.6 Å². The smallest absolute Gasteiger partial charge is 0.389 e. The van der Waals surface area contributed by atoms with Crippen LogP contribution >= 0.6 is 0 Å². The molecule has 0 fully saturated rings. The first-order valence-electron chi connectivity index (χ1n) is 6.41. The van der Waals surface area contributed by atoms with Gasteiger partial charge in [-0.25, -0.2) is 0 Å². The van der Waals surface area contributed by atoms with E-state index in [0.29, 0.717) is 17.9 Å². The predicted molar refractivity (Wildman–Crippen MR) is 72.5 cm³/mol. The van der Waals surface area contributed by atoms with Crippen molar-refractivity contribution in [1.82, 2.24) is 0 Å². The summed E-state index contributed by atoms with van der Waals surface area (Å²) in [4.78, 5) is 0. The van der Waals surface area contributed by atoms with Gasteiger partial charge < -0.3 is 14.8 Å². The fourth-order valence-electron chi connectivity index (χ4n) is 1.89. The second-order valence-electron chi connectivity index (χ2n) is 4.62. The molecule has 0 bridgehead atoms. The predicted octanol–water partition coefficient (Wildman–Crippen LogP) is 4.24. The molecule has 0 saturated carbocycles. The number of alkyl halides is 3. The molecule has 1 rings (SSSR count). The van der Waals surface area contributed by atoms with Gasteiger partial charge in [-0.05, 0) is 31.9 Å². The Bertz CT molecular complexity index is 421. The van der Waals surface area contributed by atoms with E-state index in [1.165, 1.54) is 7.11 Å². The lowest BCUT2D eigenvalue weighted by Crippen LogP contribution is -2.16. The number of nitrogens with one attached hydrogen (secondary N) is 1. The number of benzene rings is 1. The van der Waals surface area contributed by atoms with E-state index in [4.69, 9.17) is 9.47 Å². The second-order valence-corrected chi connectivity index (χ2v) is 4.62. The molecule has 20 heavy (non-hydrogen) atoms. The van der Waals surface area contributed by atoms with Crippen molar-refractivity contribution in [2.75, 3.05) is 19.5 Å². The average molecular weight is 291 g/mol. The Morgan fingerprint density at radius 1 is 1.15 bits per heavy atom. The molecule has 0 amide bonds. The van der Waals surface area contributed by atoms with Crippen LogP contribution < -0.4 is 14.8 Å². The molecule has 1 aromatic rings. The molecule has 1 atom stereocenters.